The summed E-state index contributed by atoms with van der Waals surface area (Å²) in [7, 11) is -9.24. The highest BCUT2D eigenvalue weighted by Crippen LogP contribution is 2.55. The monoisotopic (exact) mass is 1170 g/mol. The van der Waals surface area contributed by atoms with E-state index in [1.807, 2.05) is 6.07 Å². The summed E-state index contributed by atoms with van der Waals surface area (Å²) in [6.07, 6.45) is 0. The summed E-state index contributed by atoms with van der Waals surface area (Å²) >= 11 is 0. The van der Waals surface area contributed by atoms with Crippen LogP contribution in [-0.2, 0) is 26.2 Å². The van der Waals surface area contributed by atoms with Crippen LogP contribution < -0.4 is 23.9 Å². The summed E-state index contributed by atoms with van der Waals surface area (Å²) in [6, 6.07) is 43.7. The van der Waals surface area contributed by atoms with E-state index in [-0.39, 0.29) is 33.5 Å². The third-order valence-electron chi connectivity index (χ3n) is 15.8. The summed E-state index contributed by atoms with van der Waals surface area (Å²) in [5.74, 6) is 1.69. The smallest absolute Gasteiger partial charge is 0.408 e. The van der Waals surface area contributed by atoms with Crippen LogP contribution in [0.1, 0.15) is 166 Å². The second kappa shape index (κ2) is 22.0. The van der Waals surface area contributed by atoms with E-state index in [2.05, 4.69) is 265 Å². The van der Waals surface area contributed by atoms with Crippen molar-refractivity contribution in [3.05, 3.63) is 160 Å². The Kier molecular flexibility index (Phi) is 16.3. The Labute approximate surface area is 494 Å². The molecule has 7 aromatic carbocycles. The van der Waals surface area contributed by atoms with E-state index in [1.165, 1.54) is 11.1 Å². The van der Waals surface area contributed by atoms with Gasteiger partial charge in [0.25, 0.3) is 0 Å². The van der Waals surface area contributed by atoms with Gasteiger partial charge < -0.3 is 26.5 Å². The van der Waals surface area contributed by atoms with E-state index in [0.29, 0.717) is 34.0 Å². The summed E-state index contributed by atoms with van der Waals surface area (Å²) in [6.45, 7) is 49.9. The molecule has 1 aliphatic rings. The molecule has 11 heteroatoms. The Bertz CT molecular complexity index is 3660. The second-order valence-corrected chi connectivity index (χ2v) is 41.5. The predicted octanol–water partition coefficient (Wildman–Crippen LogP) is 21.5. The maximum absolute atomic E-state index is 14.4. The normalized spacial score (nSPS) is 14.5. The summed E-state index contributed by atoms with van der Waals surface area (Å²) in [5, 5.41) is 4.11. The van der Waals surface area contributed by atoms with E-state index < -0.39 is 39.0 Å². The molecule has 0 saturated heterocycles. The first-order valence-corrected chi connectivity index (χ1v) is 38.4. The molecule has 1 unspecified atom stereocenters. The van der Waals surface area contributed by atoms with E-state index in [4.69, 9.17) is 26.5 Å². The van der Waals surface area contributed by atoms with Gasteiger partial charge in [0.1, 0.15) is 22.8 Å². The van der Waals surface area contributed by atoms with Crippen LogP contribution in [0.15, 0.2) is 130 Å². The van der Waals surface area contributed by atoms with Gasteiger partial charge in [0.05, 0.1) is 16.1 Å². The molecule has 1 aliphatic heterocycles. The van der Waals surface area contributed by atoms with Crippen molar-refractivity contribution in [1.82, 2.24) is 0 Å². The van der Waals surface area contributed by atoms with Crippen molar-refractivity contribution in [2.75, 3.05) is 0 Å². The molecule has 9 rings (SSSR count). The van der Waals surface area contributed by atoms with Gasteiger partial charge in [-0.3, -0.25) is 0 Å². The van der Waals surface area contributed by atoms with Gasteiger partial charge in [0, 0.05) is 33.0 Å². The van der Waals surface area contributed by atoms with Crippen LogP contribution in [0.3, 0.4) is 0 Å². The fourth-order valence-electron chi connectivity index (χ4n) is 10.5. The topological polar surface area (TPSA) is 80.3 Å². The number of hydrogen-bond donors (Lipinski definition) is 0. The van der Waals surface area contributed by atoms with Crippen molar-refractivity contribution in [2.24, 2.45) is 0 Å². The third kappa shape index (κ3) is 12.5. The summed E-state index contributed by atoms with van der Waals surface area (Å²) in [4.78, 5) is 14.4. The van der Waals surface area contributed by atoms with Gasteiger partial charge in [-0.1, -0.05) is 229 Å². The molecular formula is C71H88O7P2Si2. The molecule has 0 saturated carbocycles. The van der Waals surface area contributed by atoms with Crippen LogP contribution in [0.4, 0.5) is 0 Å². The Balaban J connectivity index is 1.42. The highest BCUT2D eigenvalue weighted by Gasteiger charge is 2.40. The van der Waals surface area contributed by atoms with Crippen LogP contribution in [-0.4, -0.2) is 22.1 Å². The SMILES string of the molecule is CC(C)c1cc2c(c(C(C)C)c1)OP(Oc1c(-c3cc(C(C)(C)C)cc([Si](C)(C)C)c3Op3oc4c(-c5ccccc5)cc(C(C)(C)C)cc4c4cc(C(C)(C)C)cc(-c5ccccc5)c4o3)cc(C(C)(C)C)cc1[Si](C)(C)C)OC2=O. The first-order chi connectivity index (χ1) is 38.0. The molecule has 0 radical (unpaired) electrons. The molecule has 1 atom stereocenters. The van der Waals surface area contributed by atoms with Crippen LogP contribution in [0.5, 0.6) is 17.2 Å². The fraction of sp³-hybridized carbons (Fsp3) is 0.394. The van der Waals surface area contributed by atoms with Crippen molar-refractivity contribution in [1.29, 1.82) is 0 Å². The minimum atomic E-state index is -2.36. The van der Waals surface area contributed by atoms with Crippen LogP contribution in [0.2, 0.25) is 39.3 Å². The second-order valence-electron chi connectivity index (χ2n) is 29.4. The third-order valence-corrected chi connectivity index (χ3v) is 21.8. The maximum atomic E-state index is 14.4. The average molecular weight is 1170 g/mol. The van der Waals surface area contributed by atoms with E-state index in [0.717, 1.165) is 76.8 Å². The molecule has 0 bridgehead atoms. The van der Waals surface area contributed by atoms with Crippen LogP contribution >= 0.6 is 16.8 Å². The summed E-state index contributed by atoms with van der Waals surface area (Å²) in [5.41, 5.74) is 13.3. The molecule has 8 aromatic rings. The van der Waals surface area contributed by atoms with Crippen molar-refractivity contribution in [3.8, 4) is 50.6 Å². The predicted molar refractivity (Wildman–Crippen MR) is 354 cm³/mol. The lowest BCUT2D eigenvalue weighted by atomic mass is 9.82. The molecule has 0 fully saturated rings. The van der Waals surface area contributed by atoms with Crippen molar-refractivity contribution >= 4 is 71.3 Å². The number of hydrogen-bond acceptors (Lipinski definition) is 7. The minimum absolute atomic E-state index is 0.0807. The molecule has 0 N–H and O–H groups in total. The molecule has 82 heavy (non-hydrogen) atoms. The number of rotatable bonds is 11. The zero-order chi connectivity index (χ0) is 60.0. The molecule has 2 heterocycles. The minimum Gasteiger partial charge on any atom is -0.408 e. The van der Waals surface area contributed by atoms with Gasteiger partial charge in [-0.15, -0.1) is 0 Å². The quantitative estimate of drug-likeness (QED) is 0.0943. The fourth-order valence-corrected chi connectivity index (χ4v) is 15.8. The Morgan fingerprint density at radius 1 is 0.439 bits per heavy atom. The van der Waals surface area contributed by atoms with E-state index >= 15 is 0 Å². The molecule has 432 valence electrons. The maximum Gasteiger partial charge on any atom is 0.532 e. The lowest BCUT2D eigenvalue weighted by Crippen LogP contribution is -2.40. The highest BCUT2D eigenvalue weighted by molar-refractivity contribution is 7.43. The zero-order valence-electron chi connectivity index (χ0n) is 53.0. The number of carbonyl (C=O) groups is 1. The number of carbonyl (C=O) groups excluding carboxylic acids is 1. The van der Waals surface area contributed by atoms with Gasteiger partial charge in [-0.2, -0.15) is 0 Å². The highest BCUT2D eigenvalue weighted by atomic mass is 31.2. The standard InChI is InChI=1S/C71H88O7P2Si2/c1-43(2)47-33-52(44(3)4)62-59(34-47)67(72)78-80(73-62)77-66-58(40-51(71(14,15)16)42-61(66)82(20,21)22)57-39-50(70(11,12)13)41-60(81(17,18)19)65(57)76-79-74-63-53(45-29-25-23-26-30-45)35-48(68(5,6)7)37-55(63)56-38-49(69(8,9)10)36-54(64(56)75-79)46-31-27-24-28-32-46/h23-44H,1-22H3. The molecule has 0 aliphatic carbocycles. The van der Waals surface area contributed by atoms with Gasteiger partial charge in [0.15, 0.2) is 11.2 Å². The Hall–Kier alpha value is -5.83. The molecule has 0 spiro atoms. The zero-order valence-corrected chi connectivity index (χ0v) is 56.7. The lowest BCUT2D eigenvalue weighted by Gasteiger charge is -2.32. The van der Waals surface area contributed by atoms with Gasteiger partial charge in [-0.25, -0.2) is 4.79 Å². The molecule has 1 aromatic heterocycles. The Morgan fingerprint density at radius 2 is 0.829 bits per heavy atom. The largest absolute Gasteiger partial charge is 0.532 e. The van der Waals surface area contributed by atoms with Crippen LogP contribution in [0.25, 0.3) is 55.3 Å². The first-order valence-electron chi connectivity index (χ1n) is 29.3. The summed E-state index contributed by atoms with van der Waals surface area (Å²) < 4.78 is 43.7. The van der Waals surface area contributed by atoms with Crippen LogP contribution in [0, 0.1) is 0 Å². The van der Waals surface area contributed by atoms with Gasteiger partial charge in [0.2, 0.25) is 0 Å². The van der Waals surface area contributed by atoms with Gasteiger partial charge >= 0.3 is 22.8 Å². The van der Waals surface area contributed by atoms with Crippen molar-refractivity contribution < 1.29 is 31.3 Å². The van der Waals surface area contributed by atoms with Gasteiger partial charge in [-0.05, 0) is 131 Å². The lowest BCUT2D eigenvalue weighted by molar-refractivity contribution is 0.0696. The molecule has 7 nitrogen and oxygen atoms in total. The molecular weight excluding hydrogens is 1080 g/mol. The molecule has 0 amide bonds. The first kappa shape index (κ1) is 60.8. The Morgan fingerprint density at radius 3 is 1.21 bits per heavy atom. The van der Waals surface area contributed by atoms with E-state index in [9.17, 15) is 4.79 Å². The van der Waals surface area contributed by atoms with Crippen molar-refractivity contribution in [3.63, 3.8) is 0 Å². The average Bonchev–Trinajstić information content (AvgIpc) is 3.09. The number of benzene rings is 7. The number of fused-ring (bicyclic) bond motifs is 4. The van der Waals surface area contributed by atoms with Crippen molar-refractivity contribution in [2.45, 2.75) is 184 Å². The van der Waals surface area contributed by atoms with E-state index in [1.54, 1.807) is 0 Å².